The summed E-state index contributed by atoms with van der Waals surface area (Å²) >= 11 is 9.64. The summed E-state index contributed by atoms with van der Waals surface area (Å²) in [5.74, 6) is 0. The van der Waals surface area contributed by atoms with E-state index in [-0.39, 0.29) is 6.04 Å². The molecule has 1 unspecified atom stereocenters. The Bertz CT molecular complexity index is 557. The number of anilines is 1. The fourth-order valence-corrected chi connectivity index (χ4v) is 2.58. The average molecular weight is 326 g/mol. The molecule has 2 rings (SSSR count). The molecule has 2 nitrogen and oxygen atoms in total. The summed E-state index contributed by atoms with van der Waals surface area (Å²) in [7, 11) is 0. The van der Waals surface area contributed by atoms with Crippen molar-refractivity contribution in [2.45, 2.75) is 19.9 Å². The Hall–Kier alpha value is -1.06. The normalized spacial score (nSPS) is 12.2. The third-order valence-electron chi connectivity index (χ3n) is 2.72. The molecule has 0 aliphatic heterocycles. The first-order valence-corrected chi connectivity index (χ1v) is 6.88. The molecule has 1 N–H and O–H groups in total. The third kappa shape index (κ3) is 3.03. The number of hydrogen-bond acceptors (Lipinski definition) is 2. The van der Waals surface area contributed by atoms with Crippen LogP contribution < -0.4 is 5.32 Å². The van der Waals surface area contributed by atoms with E-state index in [0.717, 1.165) is 15.7 Å². The quantitative estimate of drug-likeness (QED) is 0.805. The Morgan fingerprint density at radius 3 is 2.78 bits per heavy atom. The highest BCUT2D eigenvalue weighted by Crippen LogP contribution is 2.28. The summed E-state index contributed by atoms with van der Waals surface area (Å²) < 4.78 is 1.08. The van der Waals surface area contributed by atoms with Crippen molar-refractivity contribution in [2.24, 2.45) is 0 Å². The van der Waals surface area contributed by atoms with Crippen molar-refractivity contribution in [3.05, 3.63) is 57.3 Å². The zero-order valence-electron chi connectivity index (χ0n) is 10.2. The van der Waals surface area contributed by atoms with Crippen LogP contribution in [0.15, 0.2) is 41.0 Å². The largest absolute Gasteiger partial charge is 0.376 e. The molecule has 0 amide bonds. The predicted molar refractivity (Wildman–Crippen MR) is 80.2 cm³/mol. The van der Waals surface area contributed by atoms with Crippen LogP contribution in [0.1, 0.15) is 24.1 Å². The molecular weight excluding hydrogens is 312 g/mol. The Balaban J connectivity index is 2.24. The van der Waals surface area contributed by atoms with Crippen LogP contribution in [0.25, 0.3) is 0 Å². The lowest BCUT2D eigenvalue weighted by Crippen LogP contribution is -2.08. The SMILES string of the molecule is Cc1cnc(Cl)c(NC(C)c2ccccc2Br)c1. The van der Waals surface area contributed by atoms with E-state index < -0.39 is 0 Å². The standard InChI is InChI=1S/C14H14BrClN2/c1-9-7-13(14(16)17-8-9)18-10(2)11-5-3-4-6-12(11)15/h3-8,10,18H,1-2H3. The summed E-state index contributed by atoms with van der Waals surface area (Å²) in [6, 6.07) is 10.3. The number of nitrogens with zero attached hydrogens (tertiary/aromatic N) is 1. The van der Waals surface area contributed by atoms with Gasteiger partial charge in [0, 0.05) is 16.7 Å². The van der Waals surface area contributed by atoms with Gasteiger partial charge < -0.3 is 5.32 Å². The number of rotatable bonds is 3. The maximum atomic E-state index is 6.08. The molecule has 0 spiro atoms. The molecule has 1 aromatic carbocycles. The third-order valence-corrected chi connectivity index (χ3v) is 3.74. The second-order valence-electron chi connectivity index (χ2n) is 4.24. The molecule has 2 aromatic rings. The van der Waals surface area contributed by atoms with E-state index >= 15 is 0 Å². The van der Waals surface area contributed by atoms with Gasteiger partial charge in [0.2, 0.25) is 0 Å². The van der Waals surface area contributed by atoms with Gasteiger partial charge in [-0.2, -0.15) is 0 Å². The molecule has 4 heteroatoms. The van der Waals surface area contributed by atoms with Crippen molar-refractivity contribution in [1.82, 2.24) is 4.98 Å². The summed E-state index contributed by atoms with van der Waals surface area (Å²) in [5.41, 5.74) is 3.14. The van der Waals surface area contributed by atoms with Crippen LogP contribution in [-0.4, -0.2) is 4.98 Å². The fraction of sp³-hybridized carbons (Fsp3) is 0.214. The molecule has 1 aromatic heterocycles. The molecular formula is C14H14BrClN2. The average Bonchev–Trinajstić information content (AvgIpc) is 2.34. The highest BCUT2D eigenvalue weighted by atomic mass is 79.9. The van der Waals surface area contributed by atoms with Crippen LogP contribution in [0.3, 0.4) is 0 Å². The summed E-state index contributed by atoms with van der Waals surface area (Å²) in [4.78, 5) is 4.14. The van der Waals surface area contributed by atoms with Gasteiger partial charge in [0.15, 0.2) is 5.15 Å². The van der Waals surface area contributed by atoms with Gasteiger partial charge in [-0.05, 0) is 37.1 Å². The Labute approximate surface area is 121 Å². The van der Waals surface area contributed by atoms with E-state index in [1.807, 2.05) is 31.2 Å². The number of hydrogen-bond donors (Lipinski definition) is 1. The number of nitrogens with one attached hydrogen (secondary N) is 1. The molecule has 0 bridgehead atoms. The van der Waals surface area contributed by atoms with Crippen LogP contribution >= 0.6 is 27.5 Å². The molecule has 1 heterocycles. The van der Waals surface area contributed by atoms with Gasteiger partial charge in [-0.15, -0.1) is 0 Å². The van der Waals surface area contributed by atoms with E-state index in [2.05, 4.69) is 39.2 Å². The van der Waals surface area contributed by atoms with Crippen molar-refractivity contribution >= 4 is 33.2 Å². The number of pyridine rings is 1. The second kappa shape index (κ2) is 5.72. The second-order valence-corrected chi connectivity index (χ2v) is 5.45. The molecule has 0 aliphatic carbocycles. The lowest BCUT2D eigenvalue weighted by molar-refractivity contribution is 0.876. The van der Waals surface area contributed by atoms with Crippen LogP contribution in [0.5, 0.6) is 0 Å². The summed E-state index contributed by atoms with van der Waals surface area (Å²) in [6.07, 6.45) is 1.76. The summed E-state index contributed by atoms with van der Waals surface area (Å²) in [6.45, 7) is 4.09. The van der Waals surface area contributed by atoms with Gasteiger partial charge in [0.1, 0.15) is 0 Å². The molecule has 0 saturated carbocycles. The smallest absolute Gasteiger partial charge is 0.152 e. The molecule has 18 heavy (non-hydrogen) atoms. The van der Waals surface area contributed by atoms with Crippen LogP contribution in [-0.2, 0) is 0 Å². The first-order valence-electron chi connectivity index (χ1n) is 5.71. The first kappa shape index (κ1) is 13.4. The maximum absolute atomic E-state index is 6.08. The molecule has 94 valence electrons. The predicted octanol–water partition coefficient (Wildman–Crippen LogP) is 4.98. The monoisotopic (exact) mass is 324 g/mol. The van der Waals surface area contributed by atoms with Gasteiger partial charge >= 0.3 is 0 Å². The summed E-state index contributed by atoms with van der Waals surface area (Å²) in [5, 5.41) is 3.88. The van der Waals surface area contributed by atoms with E-state index in [1.54, 1.807) is 6.20 Å². The number of halogens is 2. The van der Waals surface area contributed by atoms with Crippen LogP contribution in [0, 0.1) is 6.92 Å². The van der Waals surface area contributed by atoms with E-state index in [0.29, 0.717) is 5.15 Å². The zero-order chi connectivity index (χ0) is 13.1. The zero-order valence-corrected chi connectivity index (χ0v) is 12.6. The van der Waals surface area contributed by atoms with E-state index in [9.17, 15) is 0 Å². The van der Waals surface area contributed by atoms with Crippen LogP contribution in [0.2, 0.25) is 5.15 Å². The first-order chi connectivity index (χ1) is 8.58. The van der Waals surface area contributed by atoms with Crippen molar-refractivity contribution in [2.75, 3.05) is 5.32 Å². The Kier molecular flexibility index (Phi) is 4.25. The highest BCUT2D eigenvalue weighted by molar-refractivity contribution is 9.10. The van der Waals surface area contributed by atoms with E-state index in [1.165, 1.54) is 5.56 Å². The Morgan fingerprint density at radius 2 is 2.06 bits per heavy atom. The highest BCUT2D eigenvalue weighted by Gasteiger charge is 2.10. The minimum atomic E-state index is 0.154. The topological polar surface area (TPSA) is 24.9 Å². The number of benzene rings is 1. The molecule has 1 atom stereocenters. The van der Waals surface area contributed by atoms with E-state index in [4.69, 9.17) is 11.6 Å². The van der Waals surface area contributed by atoms with Crippen molar-refractivity contribution < 1.29 is 0 Å². The van der Waals surface area contributed by atoms with Gasteiger partial charge in [-0.1, -0.05) is 45.7 Å². The maximum Gasteiger partial charge on any atom is 0.152 e. The Morgan fingerprint density at radius 1 is 1.33 bits per heavy atom. The van der Waals surface area contributed by atoms with Gasteiger partial charge in [-0.3, -0.25) is 0 Å². The molecule has 0 aliphatic rings. The molecule has 0 fully saturated rings. The van der Waals surface area contributed by atoms with Gasteiger partial charge in [0.25, 0.3) is 0 Å². The molecule has 0 saturated heterocycles. The molecule has 0 radical (unpaired) electrons. The van der Waals surface area contributed by atoms with Gasteiger partial charge in [-0.25, -0.2) is 4.98 Å². The lowest BCUT2D eigenvalue weighted by Gasteiger charge is -2.18. The number of aryl methyl sites for hydroxylation is 1. The van der Waals surface area contributed by atoms with Crippen molar-refractivity contribution in [3.8, 4) is 0 Å². The van der Waals surface area contributed by atoms with Crippen LogP contribution in [0.4, 0.5) is 5.69 Å². The fourth-order valence-electron chi connectivity index (χ4n) is 1.79. The lowest BCUT2D eigenvalue weighted by atomic mass is 10.1. The number of aromatic nitrogens is 1. The minimum absolute atomic E-state index is 0.154. The van der Waals surface area contributed by atoms with Crippen molar-refractivity contribution in [1.29, 1.82) is 0 Å². The van der Waals surface area contributed by atoms with Crippen molar-refractivity contribution in [3.63, 3.8) is 0 Å². The minimum Gasteiger partial charge on any atom is -0.376 e. The van der Waals surface area contributed by atoms with Gasteiger partial charge in [0.05, 0.1) is 5.69 Å².